The van der Waals surface area contributed by atoms with Gasteiger partial charge in [-0.2, -0.15) is 0 Å². The average Bonchev–Trinajstić information content (AvgIpc) is 2.69. The van der Waals surface area contributed by atoms with Crippen molar-refractivity contribution in [3.63, 3.8) is 0 Å². The second-order valence-electron chi connectivity index (χ2n) is 5.56. The van der Waals surface area contributed by atoms with Crippen LogP contribution >= 0.6 is 0 Å². The standard InChI is InChI=1S/C20H16FN3O3/c1-2-27-20(26)13-6-8-17(9-7-13)24-19(25)15-11-22-18(23-12-15)14-4-3-5-16(21)10-14/h3-12H,2H2,1H3,(H,24,25). The Labute approximate surface area is 155 Å². The zero-order chi connectivity index (χ0) is 19.2. The summed E-state index contributed by atoms with van der Waals surface area (Å²) in [7, 11) is 0. The lowest BCUT2D eigenvalue weighted by atomic mass is 10.2. The normalized spacial score (nSPS) is 10.3. The molecule has 3 rings (SSSR count). The van der Waals surface area contributed by atoms with Gasteiger partial charge in [-0.1, -0.05) is 12.1 Å². The van der Waals surface area contributed by atoms with Crippen molar-refractivity contribution in [1.82, 2.24) is 9.97 Å². The summed E-state index contributed by atoms with van der Waals surface area (Å²) in [5, 5.41) is 2.69. The number of ether oxygens (including phenoxy) is 1. The maximum Gasteiger partial charge on any atom is 0.338 e. The first kappa shape index (κ1) is 18.2. The van der Waals surface area contributed by atoms with Crippen LogP contribution < -0.4 is 5.32 Å². The number of hydrogen-bond donors (Lipinski definition) is 1. The molecule has 27 heavy (non-hydrogen) atoms. The highest BCUT2D eigenvalue weighted by Gasteiger charge is 2.10. The zero-order valence-electron chi connectivity index (χ0n) is 14.5. The summed E-state index contributed by atoms with van der Waals surface area (Å²) < 4.78 is 18.2. The molecule has 1 N–H and O–H groups in total. The number of aromatic nitrogens is 2. The third-order valence-corrected chi connectivity index (χ3v) is 3.65. The molecule has 0 aliphatic rings. The van der Waals surface area contributed by atoms with Crippen LogP contribution in [0.15, 0.2) is 60.9 Å². The van der Waals surface area contributed by atoms with Crippen LogP contribution in [0.4, 0.5) is 10.1 Å². The molecule has 2 aromatic carbocycles. The van der Waals surface area contributed by atoms with Crippen LogP contribution in [0.5, 0.6) is 0 Å². The van der Waals surface area contributed by atoms with Crippen molar-refractivity contribution in [2.24, 2.45) is 0 Å². The average molecular weight is 365 g/mol. The van der Waals surface area contributed by atoms with E-state index in [2.05, 4.69) is 15.3 Å². The van der Waals surface area contributed by atoms with E-state index in [1.54, 1.807) is 43.3 Å². The largest absolute Gasteiger partial charge is 0.462 e. The van der Waals surface area contributed by atoms with Crippen LogP contribution in [0.3, 0.4) is 0 Å². The first-order valence-corrected chi connectivity index (χ1v) is 8.23. The van der Waals surface area contributed by atoms with E-state index in [4.69, 9.17) is 4.74 Å². The Bertz CT molecular complexity index is 957. The van der Waals surface area contributed by atoms with Gasteiger partial charge in [-0.3, -0.25) is 4.79 Å². The summed E-state index contributed by atoms with van der Waals surface area (Å²) in [6, 6.07) is 12.2. The van der Waals surface area contributed by atoms with Crippen molar-refractivity contribution >= 4 is 17.6 Å². The van der Waals surface area contributed by atoms with E-state index in [0.717, 1.165) is 0 Å². The Balaban J connectivity index is 1.68. The van der Waals surface area contributed by atoms with Gasteiger partial charge >= 0.3 is 5.97 Å². The van der Waals surface area contributed by atoms with E-state index in [0.29, 0.717) is 29.2 Å². The molecule has 0 fully saturated rings. The fourth-order valence-corrected chi connectivity index (χ4v) is 2.33. The van der Waals surface area contributed by atoms with Gasteiger partial charge in [-0.15, -0.1) is 0 Å². The minimum atomic E-state index is -0.420. The Morgan fingerprint density at radius 3 is 2.37 bits per heavy atom. The van der Waals surface area contributed by atoms with Crippen LogP contribution in [-0.4, -0.2) is 28.5 Å². The van der Waals surface area contributed by atoms with Crippen molar-refractivity contribution in [3.05, 3.63) is 77.9 Å². The van der Waals surface area contributed by atoms with Crippen molar-refractivity contribution in [3.8, 4) is 11.4 Å². The SMILES string of the molecule is CCOC(=O)c1ccc(NC(=O)c2cnc(-c3cccc(F)c3)nc2)cc1. The van der Waals surface area contributed by atoms with Crippen molar-refractivity contribution in [2.45, 2.75) is 6.92 Å². The number of carbonyl (C=O) groups is 2. The van der Waals surface area contributed by atoms with Crippen molar-refractivity contribution in [1.29, 1.82) is 0 Å². The minimum Gasteiger partial charge on any atom is -0.462 e. The maximum atomic E-state index is 13.3. The van der Waals surface area contributed by atoms with Gasteiger partial charge in [0.05, 0.1) is 17.7 Å². The number of esters is 1. The maximum absolute atomic E-state index is 13.3. The Morgan fingerprint density at radius 1 is 1.04 bits per heavy atom. The smallest absolute Gasteiger partial charge is 0.338 e. The lowest BCUT2D eigenvalue weighted by Crippen LogP contribution is -2.13. The molecular weight excluding hydrogens is 349 g/mol. The van der Waals surface area contributed by atoms with Crippen molar-refractivity contribution in [2.75, 3.05) is 11.9 Å². The third kappa shape index (κ3) is 4.52. The molecule has 0 unspecified atom stereocenters. The number of rotatable bonds is 5. The fourth-order valence-electron chi connectivity index (χ4n) is 2.33. The van der Waals surface area contributed by atoms with Crippen LogP contribution in [0.25, 0.3) is 11.4 Å². The van der Waals surface area contributed by atoms with Gasteiger partial charge in [0.15, 0.2) is 5.82 Å². The quantitative estimate of drug-likeness (QED) is 0.697. The summed E-state index contributed by atoms with van der Waals surface area (Å²) in [4.78, 5) is 32.1. The minimum absolute atomic E-state index is 0.254. The Kier molecular flexibility index (Phi) is 5.51. The number of nitrogens with one attached hydrogen (secondary N) is 1. The van der Waals surface area contributed by atoms with E-state index < -0.39 is 11.9 Å². The molecule has 6 nitrogen and oxygen atoms in total. The monoisotopic (exact) mass is 365 g/mol. The van der Waals surface area contributed by atoms with Gasteiger partial charge in [0.25, 0.3) is 5.91 Å². The molecule has 1 amide bonds. The summed E-state index contributed by atoms with van der Waals surface area (Å²) in [5.74, 6) is -0.879. The number of anilines is 1. The lowest BCUT2D eigenvalue weighted by Gasteiger charge is -2.07. The summed E-state index contributed by atoms with van der Waals surface area (Å²) in [5.41, 5.74) is 1.70. The molecule has 0 aliphatic carbocycles. The van der Waals surface area contributed by atoms with E-state index in [1.807, 2.05) is 0 Å². The number of nitrogens with zero attached hydrogens (tertiary/aromatic N) is 2. The van der Waals surface area contributed by atoms with E-state index in [9.17, 15) is 14.0 Å². The Morgan fingerprint density at radius 2 is 1.74 bits per heavy atom. The molecule has 0 aliphatic heterocycles. The molecule has 1 aromatic heterocycles. The van der Waals surface area contributed by atoms with Crippen LogP contribution in [0, 0.1) is 5.82 Å². The summed E-state index contributed by atoms with van der Waals surface area (Å²) in [6.45, 7) is 2.02. The molecule has 136 valence electrons. The van der Waals surface area contributed by atoms with Gasteiger partial charge in [0.1, 0.15) is 5.82 Å². The van der Waals surface area contributed by atoms with Gasteiger partial charge in [0.2, 0.25) is 0 Å². The molecule has 1 heterocycles. The molecule has 7 heteroatoms. The van der Waals surface area contributed by atoms with Crippen LogP contribution in [0.2, 0.25) is 0 Å². The molecule has 0 atom stereocenters. The number of carbonyl (C=O) groups excluding carboxylic acids is 2. The van der Waals surface area contributed by atoms with Gasteiger partial charge < -0.3 is 10.1 Å². The molecule has 0 saturated carbocycles. The number of amides is 1. The molecule has 0 bridgehead atoms. The highest BCUT2D eigenvalue weighted by molar-refractivity contribution is 6.04. The molecule has 0 spiro atoms. The van der Waals surface area contributed by atoms with E-state index >= 15 is 0 Å². The molecule has 3 aromatic rings. The molecule has 0 radical (unpaired) electrons. The van der Waals surface area contributed by atoms with Crippen LogP contribution in [-0.2, 0) is 4.74 Å². The highest BCUT2D eigenvalue weighted by Crippen LogP contribution is 2.16. The summed E-state index contributed by atoms with van der Waals surface area (Å²) in [6.07, 6.45) is 2.74. The first-order valence-electron chi connectivity index (χ1n) is 8.23. The Hall–Kier alpha value is -3.61. The van der Waals surface area contributed by atoms with E-state index in [1.165, 1.54) is 24.5 Å². The predicted octanol–water partition coefficient (Wildman–Crippen LogP) is 3.71. The molecule has 0 saturated heterocycles. The van der Waals surface area contributed by atoms with Gasteiger partial charge in [0, 0.05) is 23.6 Å². The highest BCUT2D eigenvalue weighted by atomic mass is 19.1. The summed E-state index contributed by atoms with van der Waals surface area (Å²) >= 11 is 0. The van der Waals surface area contributed by atoms with Gasteiger partial charge in [-0.25, -0.2) is 19.2 Å². The molecular formula is C20H16FN3O3. The fraction of sp³-hybridized carbons (Fsp3) is 0.100. The second kappa shape index (κ2) is 8.18. The number of benzene rings is 2. The first-order chi connectivity index (χ1) is 13.1. The number of hydrogen-bond acceptors (Lipinski definition) is 5. The second-order valence-corrected chi connectivity index (χ2v) is 5.56. The topological polar surface area (TPSA) is 81.2 Å². The predicted molar refractivity (Wildman–Crippen MR) is 97.8 cm³/mol. The van der Waals surface area contributed by atoms with E-state index in [-0.39, 0.29) is 11.4 Å². The van der Waals surface area contributed by atoms with Crippen molar-refractivity contribution < 1.29 is 18.7 Å². The lowest BCUT2D eigenvalue weighted by molar-refractivity contribution is 0.0526. The van der Waals surface area contributed by atoms with Crippen LogP contribution in [0.1, 0.15) is 27.6 Å². The van der Waals surface area contributed by atoms with Gasteiger partial charge in [-0.05, 0) is 43.3 Å². The number of halogens is 1. The third-order valence-electron chi connectivity index (χ3n) is 3.65. The zero-order valence-corrected chi connectivity index (χ0v) is 14.5.